The van der Waals surface area contributed by atoms with E-state index < -0.39 is 0 Å². The lowest BCUT2D eigenvalue weighted by Gasteiger charge is -2.08. The molecule has 1 aromatic heterocycles. The molecule has 24 heavy (non-hydrogen) atoms. The number of rotatable bonds is 5. The number of ether oxygens (including phenoxy) is 2. The van der Waals surface area contributed by atoms with Crippen molar-refractivity contribution in [2.24, 2.45) is 0 Å². The minimum Gasteiger partial charge on any atom is -0.496 e. The molecule has 3 rings (SSSR count). The smallest absolute Gasteiger partial charge is 0.184 e. The van der Waals surface area contributed by atoms with Crippen molar-refractivity contribution >= 4 is 17.3 Å². The fraction of sp³-hybridized carbons (Fsp3) is 0.176. The van der Waals surface area contributed by atoms with E-state index in [2.05, 4.69) is 15.2 Å². The summed E-state index contributed by atoms with van der Waals surface area (Å²) >= 11 is 6.11. The van der Waals surface area contributed by atoms with Crippen LogP contribution >= 0.6 is 11.6 Å². The van der Waals surface area contributed by atoms with Crippen molar-refractivity contribution in [1.29, 1.82) is 0 Å². The maximum atomic E-state index is 6.11. The quantitative estimate of drug-likeness (QED) is 0.693. The van der Waals surface area contributed by atoms with Crippen LogP contribution in [0.15, 0.2) is 36.4 Å². The third-order valence-electron chi connectivity index (χ3n) is 3.64. The summed E-state index contributed by atoms with van der Waals surface area (Å²) in [7, 11) is 3.21. The van der Waals surface area contributed by atoms with Crippen molar-refractivity contribution in [3.63, 3.8) is 0 Å². The minimum atomic E-state index is 0.432. The van der Waals surface area contributed by atoms with Gasteiger partial charge in [-0.2, -0.15) is 5.10 Å². The van der Waals surface area contributed by atoms with E-state index in [4.69, 9.17) is 26.8 Å². The molecule has 0 aliphatic heterocycles. The first-order chi connectivity index (χ1) is 11.6. The highest BCUT2D eigenvalue weighted by Gasteiger charge is 2.15. The van der Waals surface area contributed by atoms with E-state index in [0.717, 1.165) is 11.3 Å². The summed E-state index contributed by atoms with van der Waals surface area (Å²) in [4.78, 5) is 4.53. The number of H-pyrrole nitrogens is 1. The first kappa shape index (κ1) is 16.1. The lowest BCUT2D eigenvalue weighted by Crippen LogP contribution is -1.96. The number of nitrogens with zero attached hydrogens (tertiary/aromatic N) is 2. The minimum absolute atomic E-state index is 0.432. The SMILES string of the molecule is COc1ccccc1Cc1nc(-c2cc(Cl)c(N)cc2OC)n[nH]1. The molecular weight excluding hydrogens is 328 g/mol. The second-order valence-electron chi connectivity index (χ2n) is 5.17. The van der Waals surface area contributed by atoms with Crippen molar-refractivity contribution in [2.45, 2.75) is 6.42 Å². The molecule has 124 valence electrons. The second kappa shape index (κ2) is 6.80. The van der Waals surface area contributed by atoms with Crippen LogP contribution in [0.2, 0.25) is 5.02 Å². The van der Waals surface area contributed by atoms with E-state index in [9.17, 15) is 0 Å². The average molecular weight is 345 g/mol. The Morgan fingerprint density at radius 2 is 1.88 bits per heavy atom. The number of nitrogens with two attached hydrogens (primary N) is 1. The maximum Gasteiger partial charge on any atom is 0.184 e. The Kier molecular flexibility index (Phi) is 4.57. The molecule has 2 aromatic carbocycles. The number of methoxy groups -OCH3 is 2. The van der Waals surface area contributed by atoms with Crippen LogP contribution in [0, 0.1) is 0 Å². The van der Waals surface area contributed by atoms with Gasteiger partial charge in [-0.3, -0.25) is 5.10 Å². The number of nitrogens with one attached hydrogen (secondary N) is 1. The van der Waals surface area contributed by atoms with Crippen LogP contribution in [-0.4, -0.2) is 29.4 Å². The standard InChI is InChI=1S/C17H17ClN4O2/c1-23-14-6-4-3-5-10(14)7-16-20-17(22-21-16)11-8-12(18)13(19)9-15(11)24-2/h3-6,8-9H,7,19H2,1-2H3,(H,20,21,22). The molecule has 0 bridgehead atoms. The predicted molar refractivity (Wildman–Crippen MR) is 93.6 cm³/mol. The Bertz CT molecular complexity index is 864. The molecule has 3 aromatic rings. The summed E-state index contributed by atoms with van der Waals surface area (Å²) in [5.41, 5.74) is 7.95. The Hall–Kier alpha value is -2.73. The lowest BCUT2D eigenvalue weighted by atomic mass is 10.1. The lowest BCUT2D eigenvalue weighted by molar-refractivity contribution is 0.410. The van der Waals surface area contributed by atoms with Crippen molar-refractivity contribution in [3.05, 3.63) is 52.8 Å². The molecule has 0 radical (unpaired) electrons. The Labute approximate surface area is 144 Å². The zero-order valence-corrected chi connectivity index (χ0v) is 14.1. The third kappa shape index (κ3) is 3.14. The van der Waals surface area contributed by atoms with Crippen LogP contribution in [0.5, 0.6) is 11.5 Å². The summed E-state index contributed by atoms with van der Waals surface area (Å²) in [6.07, 6.45) is 0.571. The molecule has 0 saturated carbocycles. The van der Waals surface area contributed by atoms with Crippen molar-refractivity contribution < 1.29 is 9.47 Å². The first-order valence-corrected chi connectivity index (χ1v) is 7.66. The van der Waals surface area contributed by atoms with Crippen LogP contribution in [0.3, 0.4) is 0 Å². The van der Waals surface area contributed by atoms with E-state index in [0.29, 0.717) is 40.1 Å². The summed E-state index contributed by atoms with van der Waals surface area (Å²) in [5.74, 6) is 2.59. The number of anilines is 1. The van der Waals surface area contributed by atoms with Gasteiger partial charge in [-0.15, -0.1) is 0 Å². The molecule has 0 amide bonds. The largest absolute Gasteiger partial charge is 0.496 e. The van der Waals surface area contributed by atoms with Gasteiger partial charge >= 0.3 is 0 Å². The Morgan fingerprint density at radius 1 is 1.12 bits per heavy atom. The van der Waals surface area contributed by atoms with Crippen molar-refractivity contribution in [2.75, 3.05) is 20.0 Å². The van der Waals surface area contributed by atoms with Crippen molar-refractivity contribution in [3.8, 4) is 22.9 Å². The Balaban J connectivity index is 1.93. The number of benzene rings is 2. The zero-order valence-electron chi connectivity index (χ0n) is 13.3. The topological polar surface area (TPSA) is 86.1 Å². The number of aromatic amines is 1. The number of aromatic nitrogens is 3. The molecule has 0 aliphatic rings. The molecule has 3 N–H and O–H groups in total. The molecule has 6 nitrogen and oxygen atoms in total. The average Bonchev–Trinajstić information content (AvgIpc) is 3.05. The van der Waals surface area contributed by atoms with E-state index in [1.165, 1.54) is 0 Å². The maximum absolute atomic E-state index is 6.11. The van der Waals surface area contributed by atoms with Gasteiger partial charge in [0.15, 0.2) is 5.82 Å². The number of hydrogen-bond acceptors (Lipinski definition) is 5. The van der Waals surface area contributed by atoms with Gasteiger partial charge in [0.2, 0.25) is 0 Å². The molecule has 0 atom stereocenters. The van der Waals surface area contributed by atoms with E-state index in [1.807, 2.05) is 24.3 Å². The molecule has 0 spiro atoms. The summed E-state index contributed by atoms with van der Waals surface area (Å²) < 4.78 is 10.7. The molecule has 0 aliphatic carbocycles. The van der Waals surface area contributed by atoms with Crippen molar-refractivity contribution in [1.82, 2.24) is 15.2 Å². The highest BCUT2D eigenvalue weighted by molar-refractivity contribution is 6.33. The first-order valence-electron chi connectivity index (χ1n) is 7.29. The molecule has 1 heterocycles. The molecular formula is C17H17ClN4O2. The highest BCUT2D eigenvalue weighted by Crippen LogP contribution is 2.34. The fourth-order valence-electron chi connectivity index (χ4n) is 2.44. The molecule has 7 heteroatoms. The molecule has 0 saturated heterocycles. The number of halogens is 1. The van der Waals surface area contributed by atoms with Crippen LogP contribution in [0.4, 0.5) is 5.69 Å². The van der Waals surface area contributed by atoms with Crippen LogP contribution in [0.1, 0.15) is 11.4 Å². The van der Waals surface area contributed by atoms with Gasteiger partial charge < -0.3 is 15.2 Å². The van der Waals surface area contributed by atoms with E-state index >= 15 is 0 Å². The normalized spacial score (nSPS) is 10.6. The van der Waals surface area contributed by atoms with Gasteiger partial charge in [0.25, 0.3) is 0 Å². The van der Waals surface area contributed by atoms with Gasteiger partial charge in [0.1, 0.15) is 17.3 Å². The number of nitrogen functional groups attached to an aromatic ring is 1. The summed E-state index contributed by atoms with van der Waals surface area (Å²) in [5, 5.41) is 7.64. The van der Waals surface area contributed by atoms with E-state index in [1.54, 1.807) is 26.4 Å². The van der Waals surface area contributed by atoms with Gasteiger partial charge in [-0.05, 0) is 12.1 Å². The van der Waals surface area contributed by atoms with Gasteiger partial charge in [0, 0.05) is 18.1 Å². The monoisotopic (exact) mass is 344 g/mol. The number of para-hydroxylation sites is 1. The summed E-state index contributed by atoms with van der Waals surface area (Å²) in [6.45, 7) is 0. The van der Waals surface area contributed by atoms with Gasteiger partial charge in [-0.25, -0.2) is 4.98 Å². The van der Waals surface area contributed by atoms with E-state index in [-0.39, 0.29) is 0 Å². The van der Waals surface area contributed by atoms with Crippen LogP contribution in [-0.2, 0) is 6.42 Å². The highest BCUT2D eigenvalue weighted by atomic mass is 35.5. The fourth-order valence-corrected chi connectivity index (χ4v) is 2.60. The number of hydrogen-bond donors (Lipinski definition) is 2. The Morgan fingerprint density at radius 3 is 2.62 bits per heavy atom. The van der Waals surface area contributed by atoms with Gasteiger partial charge in [0.05, 0.1) is 30.5 Å². The molecule has 0 fully saturated rings. The molecule has 0 unspecified atom stereocenters. The zero-order chi connectivity index (χ0) is 17.1. The van der Waals surface area contributed by atoms with Gasteiger partial charge in [-0.1, -0.05) is 29.8 Å². The van der Waals surface area contributed by atoms with Crippen LogP contribution in [0.25, 0.3) is 11.4 Å². The third-order valence-corrected chi connectivity index (χ3v) is 3.97. The summed E-state index contributed by atoms with van der Waals surface area (Å²) in [6, 6.07) is 11.1. The predicted octanol–water partition coefficient (Wildman–Crippen LogP) is 3.32. The van der Waals surface area contributed by atoms with Crippen LogP contribution < -0.4 is 15.2 Å². The second-order valence-corrected chi connectivity index (χ2v) is 5.58.